The van der Waals surface area contributed by atoms with Crippen LogP contribution in [0.1, 0.15) is 5.56 Å². The minimum absolute atomic E-state index is 0.434. The van der Waals surface area contributed by atoms with E-state index in [2.05, 4.69) is 15.3 Å². The van der Waals surface area contributed by atoms with Crippen molar-refractivity contribution in [2.45, 2.75) is 6.54 Å². The van der Waals surface area contributed by atoms with Crippen LogP contribution in [-0.2, 0) is 6.54 Å². The lowest BCUT2D eigenvalue weighted by atomic mass is 10.2. The first-order valence-corrected chi connectivity index (χ1v) is 7.69. The molecule has 1 N–H and O–H groups in total. The van der Waals surface area contributed by atoms with Crippen LogP contribution in [0.2, 0.25) is 10.0 Å². The molecule has 0 bridgehead atoms. The topological polar surface area (TPSA) is 47.0 Å². The molecule has 0 saturated carbocycles. The number of benzene rings is 2. The minimum atomic E-state index is 0.434. The number of aromatic nitrogens is 2. The smallest absolute Gasteiger partial charge is 0.224 e. The lowest BCUT2D eigenvalue weighted by Gasteiger charge is -2.09. The van der Waals surface area contributed by atoms with E-state index in [1.54, 1.807) is 18.2 Å². The molecular weight excluding hydrogens is 333 g/mol. The molecule has 0 atom stereocenters. The number of hydrogen-bond acceptors (Lipinski definition) is 4. The molecule has 4 nitrogen and oxygen atoms in total. The third-order valence-electron chi connectivity index (χ3n) is 3.08. The van der Waals surface area contributed by atoms with Gasteiger partial charge in [0.1, 0.15) is 17.9 Å². The summed E-state index contributed by atoms with van der Waals surface area (Å²) in [6.07, 6.45) is 1.44. The van der Waals surface area contributed by atoms with E-state index in [1.807, 2.05) is 36.4 Å². The Hall–Kier alpha value is -2.30. The van der Waals surface area contributed by atoms with Crippen LogP contribution in [0.3, 0.4) is 0 Å². The van der Waals surface area contributed by atoms with Gasteiger partial charge in [0, 0.05) is 22.7 Å². The fraction of sp³-hybridized carbons (Fsp3) is 0.0588. The number of anilines is 1. The number of halogens is 2. The van der Waals surface area contributed by atoms with Crippen LogP contribution >= 0.6 is 23.2 Å². The molecule has 0 radical (unpaired) electrons. The van der Waals surface area contributed by atoms with Gasteiger partial charge in [-0.25, -0.2) is 9.97 Å². The van der Waals surface area contributed by atoms with Gasteiger partial charge < -0.3 is 10.1 Å². The zero-order valence-electron chi connectivity index (χ0n) is 12.0. The molecule has 1 heterocycles. The Morgan fingerprint density at radius 2 is 1.83 bits per heavy atom. The molecule has 0 spiro atoms. The summed E-state index contributed by atoms with van der Waals surface area (Å²) in [5.41, 5.74) is 0.991. The van der Waals surface area contributed by atoms with Crippen molar-refractivity contribution in [2.75, 3.05) is 5.32 Å². The molecule has 3 aromatic rings. The number of ether oxygens (including phenoxy) is 1. The first-order chi connectivity index (χ1) is 11.2. The highest BCUT2D eigenvalue weighted by molar-refractivity contribution is 6.31. The Kier molecular flexibility index (Phi) is 4.95. The van der Waals surface area contributed by atoms with Crippen LogP contribution in [0.5, 0.6) is 11.6 Å². The third kappa shape index (κ3) is 4.34. The molecule has 0 fully saturated rings. The Balaban J connectivity index is 1.69. The molecule has 3 rings (SSSR count). The number of nitrogens with one attached hydrogen (secondary N) is 1. The summed E-state index contributed by atoms with van der Waals surface area (Å²) >= 11 is 12.1. The number of rotatable bonds is 5. The Morgan fingerprint density at radius 1 is 0.957 bits per heavy atom. The van der Waals surface area contributed by atoms with Gasteiger partial charge in [-0.3, -0.25) is 0 Å². The van der Waals surface area contributed by atoms with Gasteiger partial charge >= 0.3 is 0 Å². The van der Waals surface area contributed by atoms with Crippen molar-refractivity contribution >= 4 is 29.0 Å². The Labute approximate surface area is 144 Å². The zero-order chi connectivity index (χ0) is 16.1. The lowest BCUT2D eigenvalue weighted by Crippen LogP contribution is -2.02. The van der Waals surface area contributed by atoms with Crippen LogP contribution in [0.25, 0.3) is 0 Å². The van der Waals surface area contributed by atoms with E-state index in [0.717, 1.165) is 5.56 Å². The van der Waals surface area contributed by atoms with Crippen molar-refractivity contribution in [1.29, 1.82) is 0 Å². The van der Waals surface area contributed by atoms with Crippen molar-refractivity contribution in [3.05, 3.63) is 76.5 Å². The molecule has 0 aliphatic rings. The summed E-state index contributed by atoms with van der Waals surface area (Å²) in [4.78, 5) is 8.27. The van der Waals surface area contributed by atoms with E-state index in [-0.39, 0.29) is 0 Å². The molecule has 2 aromatic carbocycles. The van der Waals surface area contributed by atoms with Gasteiger partial charge in [0.2, 0.25) is 5.88 Å². The number of hydrogen-bond donors (Lipinski definition) is 1. The van der Waals surface area contributed by atoms with E-state index < -0.39 is 0 Å². The third-order valence-corrected chi connectivity index (χ3v) is 3.68. The molecule has 0 saturated heterocycles. The molecule has 0 aliphatic heterocycles. The highest BCUT2D eigenvalue weighted by atomic mass is 35.5. The second-order valence-corrected chi connectivity index (χ2v) is 5.59. The van der Waals surface area contributed by atoms with Crippen molar-refractivity contribution < 1.29 is 4.74 Å². The second-order valence-electron chi connectivity index (χ2n) is 4.75. The van der Waals surface area contributed by atoms with Gasteiger partial charge in [-0.1, -0.05) is 47.5 Å². The highest BCUT2D eigenvalue weighted by Gasteiger charge is 2.04. The van der Waals surface area contributed by atoms with Gasteiger partial charge in [-0.05, 0) is 29.8 Å². The maximum absolute atomic E-state index is 6.13. The Bertz CT molecular complexity index is 811. The number of nitrogens with zero attached hydrogens (tertiary/aromatic N) is 2. The van der Waals surface area contributed by atoms with Gasteiger partial charge in [0.25, 0.3) is 0 Å². The van der Waals surface area contributed by atoms with E-state index in [9.17, 15) is 0 Å². The fourth-order valence-corrected chi connectivity index (χ4v) is 2.35. The van der Waals surface area contributed by atoms with Crippen molar-refractivity contribution in [3.8, 4) is 11.6 Å². The molecule has 116 valence electrons. The monoisotopic (exact) mass is 345 g/mol. The summed E-state index contributed by atoms with van der Waals surface area (Å²) in [5, 5.41) is 4.52. The van der Waals surface area contributed by atoms with Crippen LogP contribution in [-0.4, -0.2) is 9.97 Å². The summed E-state index contributed by atoms with van der Waals surface area (Å²) < 4.78 is 5.67. The lowest BCUT2D eigenvalue weighted by molar-refractivity contribution is 0.462. The highest BCUT2D eigenvalue weighted by Crippen LogP contribution is 2.24. The SMILES string of the molecule is Clc1cccc(Oc2cc(NCc3ccccc3Cl)ncn2)c1. The molecule has 6 heteroatoms. The van der Waals surface area contributed by atoms with Crippen molar-refractivity contribution in [3.63, 3.8) is 0 Å². The van der Waals surface area contributed by atoms with Gasteiger partial charge in [0.15, 0.2) is 0 Å². The van der Waals surface area contributed by atoms with Crippen LogP contribution in [0, 0.1) is 0 Å². The summed E-state index contributed by atoms with van der Waals surface area (Å²) in [7, 11) is 0. The standard InChI is InChI=1S/C17H13Cl2N3O/c18-13-5-3-6-14(8-13)23-17-9-16(21-11-22-17)20-10-12-4-1-2-7-15(12)19/h1-9,11H,10H2,(H,20,21,22). The summed E-state index contributed by atoms with van der Waals surface area (Å²) in [5.74, 6) is 1.70. The van der Waals surface area contributed by atoms with E-state index in [4.69, 9.17) is 27.9 Å². The maximum atomic E-state index is 6.13. The molecule has 23 heavy (non-hydrogen) atoms. The molecule has 1 aromatic heterocycles. The Morgan fingerprint density at radius 3 is 2.65 bits per heavy atom. The molecule has 0 aliphatic carbocycles. The van der Waals surface area contributed by atoms with Crippen LogP contribution in [0.4, 0.5) is 5.82 Å². The van der Waals surface area contributed by atoms with Crippen LogP contribution in [0.15, 0.2) is 60.9 Å². The van der Waals surface area contributed by atoms with Crippen LogP contribution < -0.4 is 10.1 Å². The summed E-state index contributed by atoms with van der Waals surface area (Å²) in [6, 6.07) is 16.5. The molecular formula is C17H13Cl2N3O. The molecule has 0 amide bonds. The van der Waals surface area contributed by atoms with E-state index in [1.165, 1.54) is 6.33 Å². The van der Waals surface area contributed by atoms with Gasteiger partial charge in [-0.15, -0.1) is 0 Å². The van der Waals surface area contributed by atoms with E-state index >= 15 is 0 Å². The van der Waals surface area contributed by atoms with Gasteiger partial charge in [-0.2, -0.15) is 0 Å². The normalized spacial score (nSPS) is 10.3. The zero-order valence-corrected chi connectivity index (χ0v) is 13.6. The van der Waals surface area contributed by atoms with Gasteiger partial charge in [0.05, 0.1) is 0 Å². The quantitative estimate of drug-likeness (QED) is 0.691. The minimum Gasteiger partial charge on any atom is -0.439 e. The largest absolute Gasteiger partial charge is 0.439 e. The fourth-order valence-electron chi connectivity index (χ4n) is 1.97. The average Bonchev–Trinajstić information content (AvgIpc) is 2.54. The summed E-state index contributed by atoms with van der Waals surface area (Å²) in [6.45, 7) is 0.563. The van der Waals surface area contributed by atoms with Crippen molar-refractivity contribution in [2.24, 2.45) is 0 Å². The first kappa shape index (κ1) is 15.6. The maximum Gasteiger partial charge on any atom is 0.224 e. The van der Waals surface area contributed by atoms with Crippen molar-refractivity contribution in [1.82, 2.24) is 9.97 Å². The second kappa shape index (κ2) is 7.31. The predicted molar refractivity (Wildman–Crippen MR) is 92.3 cm³/mol. The van der Waals surface area contributed by atoms with E-state index in [0.29, 0.717) is 34.0 Å². The average molecular weight is 346 g/mol. The predicted octanol–water partition coefficient (Wildman–Crippen LogP) is 5.19. The first-order valence-electron chi connectivity index (χ1n) is 6.93. The molecule has 0 unspecified atom stereocenters.